The number of para-hydroxylation sites is 1. The second-order valence-electron chi connectivity index (χ2n) is 6.61. The van der Waals surface area contributed by atoms with Crippen molar-refractivity contribution in [3.63, 3.8) is 0 Å². The van der Waals surface area contributed by atoms with E-state index in [0.29, 0.717) is 5.92 Å². The molecule has 1 saturated carbocycles. The number of rotatable bonds is 2. The molecule has 0 N–H and O–H groups in total. The quantitative estimate of drug-likeness (QED) is 0.834. The first kappa shape index (κ1) is 15.0. The van der Waals surface area contributed by atoms with E-state index in [4.69, 9.17) is 4.98 Å². The lowest BCUT2D eigenvalue weighted by Crippen LogP contribution is -2.29. The largest absolute Gasteiger partial charge is 0.269 e. The summed E-state index contributed by atoms with van der Waals surface area (Å²) < 4.78 is 1.84. The van der Waals surface area contributed by atoms with Gasteiger partial charge in [-0.1, -0.05) is 38.0 Å². The summed E-state index contributed by atoms with van der Waals surface area (Å²) in [5.41, 5.74) is 2.62. The second-order valence-corrected chi connectivity index (χ2v) is 6.61. The van der Waals surface area contributed by atoms with Crippen LogP contribution >= 0.6 is 0 Å². The number of nitrogens with zero attached hydrogens (tertiary/aromatic N) is 2. The average Bonchev–Trinajstić information content (AvgIpc) is 2.54. The minimum atomic E-state index is 0.0762. The molecule has 0 atom stereocenters. The monoisotopic (exact) mass is 296 g/mol. The summed E-state index contributed by atoms with van der Waals surface area (Å²) in [7, 11) is 0. The third-order valence-corrected chi connectivity index (χ3v) is 4.97. The molecule has 0 spiro atoms. The van der Waals surface area contributed by atoms with Crippen LogP contribution in [0.25, 0.3) is 5.69 Å². The Kier molecular flexibility index (Phi) is 4.14. The SMILES string of the molecule is Cc1nc([C@H]2CC[C@@H](C)CC2)n(-c2ccccc2)c(=O)c1C. The van der Waals surface area contributed by atoms with E-state index in [-0.39, 0.29) is 5.56 Å². The molecular weight excluding hydrogens is 272 g/mol. The van der Waals surface area contributed by atoms with Crippen molar-refractivity contribution in [1.82, 2.24) is 9.55 Å². The maximum atomic E-state index is 12.8. The maximum absolute atomic E-state index is 12.8. The molecule has 0 saturated heterocycles. The number of aromatic nitrogens is 2. The highest BCUT2D eigenvalue weighted by Gasteiger charge is 2.25. The van der Waals surface area contributed by atoms with Crippen molar-refractivity contribution in [3.8, 4) is 5.69 Å². The zero-order chi connectivity index (χ0) is 15.7. The van der Waals surface area contributed by atoms with E-state index in [1.165, 1.54) is 12.8 Å². The molecule has 1 aliphatic rings. The van der Waals surface area contributed by atoms with Crippen LogP contribution in [0.1, 0.15) is 55.6 Å². The molecule has 1 aliphatic carbocycles. The molecule has 0 unspecified atom stereocenters. The van der Waals surface area contributed by atoms with Crippen LogP contribution in [-0.4, -0.2) is 9.55 Å². The third-order valence-electron chi connectivity index (χ3n) is 4.97. The molecule has 0 bridgehead atoms. The van der Waals surface area contributed by atoms with Gasteiger partial charge in [0.25, 0.3) is 5.56 Å². The molecule has 3 nitrogen and oxygen atoms in total. The van der Waals surface area contributed by atoms with Crippen LogP contribution in [0, 0.1) is 19.8 Å². The van der Waals surface area contributed by atoms with E-state index < -0.39 is 0 Å². The minimum absolute atomic E-state index is 0.0762. The highest BCUT2D eigenvalue weighted by atomic mass is 16.1. The Morgan fingerprint density at radius 1 is 1.05 bits per heavy atom. The fourth-order valence-electron chi connectivity index (χ4n) is 3.35. The average molecular weight is 296 g/mol. The van der Waals surface area contributed by atoms with Crippen molar-refractivity contribution >= 4 is 0 Å². The highest BCUT2D eigenvalue weighted by molar-refractivity contribution is 5.35. The summed E-state index contributed by atoms with van der Waals surface area (Å²) in [6, 6.07) is 9.91. The zero-order valence-electron chi connectivity index (χ0n) is 13.7. The van der Waals surface area contributed by atoms with Crippen LogP contribution < -0.4 is 5.56 Å². The van der Waals surface area contributed by atoms with Gasteiger partial charge in [0.1, 0.15) is 5.82 Å². The normalized spacial score (nSPS) is 21.8. The molecular formula is C19H24N2O. The van der Waals surface area contributed by atoms with Gasteiger partial charge in [-0.3, -0.25) is 9.36 Å². The van der Waals surface area contributed by atoms with Crippen LogP contribution in [0.5, 0.6) is 0 Å². The first-order valence-corrected chi connectivity index (χ1v) is 8.23. The third kappa shape index (κ3) is 2.72. The van der Waals surface area contributed by atoms with Gasteiger partial charge in [-0.15, -0.1) is 0 Å². The van der Waals surface area contributed by atoms with Crippen LogP contribution in [0.4, 0.5) is 0 Å². The Labute approximate surface area is 132 Å². The molecule has 1 aromatic heterocycles. The zero-order valence-corrected chi connectivity index (χ0v) is 13.7. The summed E-state index contributed by atoms with van der Waals surface area (Å²) in [6.45, 7) is 6.13. The van der Waals surface area contributed by atoms with Crippen molar-refractivity contribution < 1.29 is 0 Å². The van der Waals surface area contributed by atoms with Crippen LogP contribution in [0.2, 0.25) is 0 Å². The standard InChI is InChI=1S/C19H24N2O/c1-13-9-11-16(12-10-13)18-20-15(3)14(2)19(22)21(18)17-7-5-4-6-8-17/h4-8,13,16H,9-12H2,1-3H3/t13-,16+. The van der Waals surface area contributed by atoms with E-state index in [1.807, 2.05) is 48.7 Å². The summed E-state index contributed by atoms with van der Waals surface area (Å²) in [4.78, 5) is 17.7. The minimum Gasteiger partial charge on any atom is -0.269 e. The number of hydrogen-bond acceptors (Lipinski definition) is 2. The molecule has 1 aromatic carbocycles. The summed E-state index contributed by atoms with van der Waals surface area (Å²) in [6.07, 6.45) is 4.70. The second kappa shape index (κ2) is 6.07. The highest BCUT2D eigenvalue weighted by Crippen LogP contribution is 2.35. The molecule has 3 heteroatoms. The molecule has 116 valence electrons. The fraction of sp³-hybridized carbons (Fsp3) is 0.474. The van der Waals surface area contributed by atoms with Gasteiger partial charge >= 0.3 is 0 Å². The van der Waals surface area contributed by atoms with Crippen molar-refractivity contribution in [2.75, 3.05) is 0 Å². The van der Waals surface area contributed by atoms with E-state index >= 15 is 0 Å². The first-order chi connectivity index (χ1) is 10.6. The van der Waals surface area contributed by atoms with Crippen molar-refractivity contribution in [2.45, 2.75) is 52.4 Å². The Morgan fingerprint density at radius 3 is 2.32 bits per heavy atom. The Hall–Kier alpha value is -1.90. The summed E-state index contributed by atoms with van der Waals surface area (Å²) in [5.74, 6) is 2.13. The van der Waals surface area contributed by atoms with Gasteiger partial charge in [-0.05, 0) is 44.7 Å². The van der Waals surface area contributed by atoms with Gasteiger partial charge in [0.2, 0.25) is 0 Å². The van der Waals surface area contributed by atoms with Gasteiger partial charge in [-0.25, -0.2) is 4.98 Å². The molecule has 0 aliphatic heterocycles. The first-order valence-electron chi connectivity index (χ1n) is 8.23. The van der Waals surface area contributed by atoms with Crippen LogP contribution in [-0.2, 0) is 0 Å². The Morgan fingerprint density at radius 2 is 1.68 bits per heavy atom. The maximum Gasteiger partial charge on any atom is 0.261 e. The van der Waals surface area contributed by atoms with E-state index in [0.717, 1.165) is 41.5 Å². The van der Waals surface area contributed by atoms with Crippen molar-refractivity contribution in [2.24, 2.45) is 5.92 Å². The van der Waals surface area contributed by atoms with E-state index in [1.54, 1.807) is 0 Å². The fourth-order valence-corrected chi connectivity index (χ4v) is 3.35. The van der Waals surface area contributed by atoms with Gasteiger partial charge in [-0.2, -0.15) is 0 Å². The topological polar surface area (TPSA) is 34.9 Å². The molecule has 0 amide bonds. The Balaban J connectivity index is 2.15. The van der Waals surface area contributed by atoms with Crippen LogP contribution in [0.3, 0.4) is 0 Å². The summed E-state index contributed by atoms with van der Waals surface area (Å²) >= 11 is 0. The Bertz CT molecular complexity index is 710. The number of hydrogen-bond donors (Lipinski definition) is 0. The summed E-state index contributed by atoms with van der Waals surface area (Å²) in [5, 5.41) is 0. The lowest BCUT2D eigenvalue weighted by Gasteiger charge is -2.28. The molecule has 1 fully saturated rings. The van der Waals surface area contributed by atoms with E-state index in [2.05, 4.69) is 6.92 Å². The molecule has 3 rings (SSSR count). The van der Waals surface area contributed by atoms with E-state index in [9.17, 15) is 4.79 Å². The number of aryl methyl sites for hydroxylation is 1. The van der Waals surface area contributed by atoms with Gasteiger partial charge in [0, 0.05) is 17.2 Å². The molecule has 0 radical (unpaired) electrons. The number of benzene rings is 1. The lowest BCUT2D eigenvalue weighted by molar-refractivity contribution is 0.335. The lowest BCUT2D eigenvalue weighted by atomic mass is 9.82. The van der Waals surface area contributed by atoms with Crippen molar-refractivity contribution in [1.29, 1.82) is 0 Å². The van der Waals surface area contributed by atoms with Gasteiger partial charge < -0.3 is 0 Å². The van der Waals surface area contributed by atoms with Gasteiger partial charge in [0.05, 0.1) is 5.69 Å². The van der Waals surface area contributed by atoms with Crippen molar-refractivity contribution in [3.05, 3.63) is 57.8 Å². The molecule has 22 heavy (non-hydrogen) atoms. The smallest absolute Gasteiger partial charge is 0.261 e. The predicted octanol–water partition coefficient (Wildman–Crippen LogP) is 4.14. The van der Waals surface area contributed by atoms with Gasteiger partial charge in [0.15, 0.2) is 0 Å². The molecule has 1 heterocycles. The predicted molar refractivity (Wildman–Crippen MR) is 89.7 cm³/mol. The molecule has 2 aromatic rings. The van der Waals surface area contributed by atoms with Crippen LogP contribution in [0.15, 0.2) is 35.1 Å².